The molecule has 172 valence electrons. The van der Waals surface area contributed by atoms with Crippen LogP contribution in [0.3, 0.4) is 0 Å². The fourth-order valence-corrected chi connectivity index (χ4v) is 3.16. The first-order chi connectivity index (χ1) is 14.5. The summed E-state index contributed by atoms with van der Waals surface area (Å²) in [6.45, 7) is 3.49. The molecule has 0 saturated heterocycles. The van der Waals surface area contributed by atoms with E-state index in [9.17, 15) is 5.11 Å². The lowest BCUT2D eigenvalue weighted by Crippen LogP contribution is -2.38. The van der Waals surface area contributed by atoms with E-state index >= 15 is 0 Å². The second-order valence-corrected chi connectivity index (χ2v) is 6.88. The second-order valence-electron chi connectivity index (χ2n) is 6.48. The van der Waals surface area contributed by atoms with Crippen LogP contribution in [0.1, 0.15) is 24.2 Å². The van der Waals surface area contributed by atoms with E-state index in [1.54, 1.807) is 45.6 Å². The predicted molar refractivity (Wildman–Crippen MR) is 136 cm³/mol. The zero-order chi connectivity index (χ0) is 21.9. The average Bonchev–Trinajstić information content (AvgIpc) is 2.77. The molecular weight excluding hydrogens is 533 g/mol. The van der Waals surface area contributed by atoms with Gasteiger partial charge in [-0.2, -0.15) is 0 Å². The number of guanidine groups is 1. The average molecular weight is 564 g/mol. The van der Waals surface area contributed by atoms with Gasteiger partial charge >= 0.3 is 0 Å². The zero-order valence-electron chi connectivity index (χ0n) is 18.3. The summed E-state index contributed by atoms with van der Waals surface area (Å²) < 4.78 is 15.8. The summed E-state index contributed by atoms with van der Waals surface area (Å²) in [5.41, 5.74) is 1.64. The molecule has 2 aromatic rings. The number of methoxy groups -OCH3 is 3. The van der Waals surface area contributed by atoms with Crippen LogP contribution >= 0.6 is 35.6 Å². The van der Waals surface area contributed by atoms with Crippen LogP contribution in [0.4, 0.5) is 0 Å². The summed E-state index contributed by atoms with van der Waals surface area (Å²) in [6, 6.07) is 10.9. The van der Waals surface area contributed by atoms with Crippen molar-refractivity contribution in [3.05, 3.63) is 52.5 Å². The number of halogens is 2. The van der Waals surface area contributed by atoms with Crippen LogP contribution in [0.5, 0.6) is 17.2 Å². The molecule has 0 aromatic heterocycles. The molecule has 7 nitrogen and oxygen atoms in total. The molecule has 0 bridgehead atoms. The van der Waals surface area contributed by atoms with Gasteiger partial charge in [0.25, 0.3) is 0 Å². The zero-order valence-corrected chi connectivity index (χ0v) is 21.4. The lowest BCUT2D eigenvalue weighted by molar-refractivity contribution is 0.182. The highest BCUT2D eigenvalue weighted by Gasteiger charge is 2.15. The number of hydrogen-bond donors (Lipinski definition) is 3. The van der Waals surface area contributed by atoms with Crippen molar-refractivity contribution >= 4 is 41.5 Å². The van der Waals surface area contributed by atoms with Crippen LogP contribution in [0.25, 0.3) is 0 Å². The Bertz CT molecular complexity index is 852. The number of nitrogens with zero attached hydrogens (tertiary/aromatic N) is 1. The van der Waals surface area contributed by atoms with Crippen molar-refractivity contribution < 1.29 is 19.3 Å². The molecule has 0 fully saturated rings. The van der Waals surface area contributed by atoms with E-state index in [-0.39, 0.29) is 30.5 Å². The predicted octanol–water partition coefficient (Wildman–Crippen LogP) is 3.82. The molecule has 9 heteroatoms. The van der Waals surface area contributed by atoms with E-state index in [1.807, 2.05) is 19.1 Å². The summed E-state index contributed by atoms with van der Waals surface area (Å²) in [7, 11) is 4.76. The van der Waals surface area contributed by atoms with E-state index in [4.69, 9.17) is 25.8 Å². The lowest BCUT2D eigenvalue weighted by Gasteiger charge is -2.16. The second kappa shape index (κ2) is 14.2. The van der Waals surface area contributed by atoms with Gasteiger partial charge in [0, 0.05) is 23.7 Å². The fraction of sp³-hybridized carbons (Fsp3) is 0.409. The number of aliphatic imine (C=N–C) groups is 1. The summed E-state index contributed by atoms with van der Waals surface area (Å²) in [5.74, 6) is 2.58. The SMILES string of the molecule is CCNC(=NCC(O)c1cc(OC)ccc1OC)NCCc1ccc(OC)cc1Cl.I. The van der Waals surface area contributed by atoms with Gasteiger partial charge in [0.15, 0.2) is 5.96 Å². The van der Waals surface area contributed by atoms with Crippen molar-refractivity contribution in [3.63, 3.8) is 0 Å². The normalized spacial score (nSPS) is 11.9. The maximum Gasteiger partial charge on any atom is 0.191 e. The minimum absolute atomic E-state index is 0. The van der Waals surface area contributed by atoms with E-state index in [0.717, 1.165) is 17.7 Å². The monoisotopic (exact) mass is 563 g/mol. The van der Waals surface area contributed by atoms with Crippen LogP contribution in [0.15, 0.2) is 41.4 Å². The van der Waals surface area contributed by atoms with Crippen LogP contribution in [0.2, 0.25) is 5.02 Å². The molecule has 31 heavy (non-hydrogen) atoms. The third kappa shape index (κ3) is 8.27. The summed E-state index contributed by atoms with van der Waals surface area (Å²) in [5, 5.41) is 17.7. The molecule has 0 saturated carbocycles. The Kier molecular flexibility index (Phi) is 12.4. The molecule has 2 aromatic carbocycles. The molecule has 0 radical (unpaired) electrons. The topological polar surface area (TPSA) is 84.3 Å². The van der Waals surface area contributed by atoms with E-state index < -0.39 is 6.10 Å². The van der Waals surface area contributed by atoms with Gasteiger partial charge < -0.3 is 30.0 Å². The van der Waals surface area contributed by atoms with E-state index in [1.165, 1.54) is 0 Å². The molecule has 0 amide bonds. The minimum atomic E-state index is -0.832. The van der Waals surface area contributed by atoms with Gasteiger partial charge in [0.2, 0.25) is 0 Å². The van der Waals surface area contributed by atoms with Crippen LogP contribution < -0.4 is 24.8 Å². The van der Waals surface area contributed by atoms with Crippen LogP contribution in [-0.2, 0) is 6.42 Å². The first-order valence-electron chi connectivity index (χ1n) is 9.76. The Labute approximate surface area is 206 Å². The van der Waals surface area contributed by atoms with Crippen LogP contribution in [0, 0.1) is 0 Å². The Hall–Kier alpha value is -1.91. The lowest BCUT2D eigenvalue weighted by atomic mass is 10.1. The van der Waals surface area contributed by atoms with Gasteiger partial charge in [-0.25, -0.2) is 0 Å². The molecule has 1 atom stereocenters. The third-order valence-corrected chi connectivity index (χ3v) is 4.86. The fourth-order valence-electron chi connectivity index (χ4n) is 2.89. The first-order valence-corrected chi connectivity index (χ1v) is 10.1. The molecule has 0 spiro atoms. The standard InChI is InChI=1S/C22H30ClN3O4.HI/c1-5-24-22(25-11-10-15-6-7-17(29-3)13-19(15)23)26-14-20(27)18-12-16(28-2)8-9-21(18)30-4;/h6-9,12-13,20,27H,5,10-11,14H2,1-4H3,(H2,24,25,26);1H. The molecule has 2 rings (SSSR count). The molecule has 0 heterocycles. The third-order valence-electron chi connectivity index (χ3n) is 4.51. The van der Waals surface area contributed by atoms with Crippen molar-refractivity contribution in [3.8, 4) is 17.2 Å². The van der Waals surface area contributed by atoms with Crippen molar-refractivity contribution in [2.45, 2.75) is 19.4 Å². The molecule has 0 aliphatic heterocycles. The van der Waals surface area contributed by atoms with Gasteiger partial charge in [-0.05, 0) is 49.2 Å². The van der Waals surface area contributed by atoms with Gasteiger partial charge in [-0.3, -0.25) is 4.99 Å². The number of ether oxygens (including phenoxy) is 3. The highest BCUT2D eigenvalue weighted by Crippen LogP contribution is 2.29. The van der Waals surface area contributed by atoms with Gasteiger partial charge in [-0.15, -0.1) is 24.0 Å². The van der Waals surface area contributed by atoms with Crippen molar-refractivity contribution in [2.24, 2.45) is 4.99 Å². The Morgan fingerprint density at radius 3 is 2.32 bits per heavy atom. The van der Waals surface area contributed by atoms with Gasteiger partial charge in [0.1, 0.15) is 23.4 Å². The van der Waals surface area contributed by atoms with Crippen molar-refractivity contribution in [2.75, 3.05) is 41.0 Å². The Morgan fingerprint density at radius 2 is 1.71 bits per heavy atom. The maximum atomic E-state index is 10.6. The number of aliphatic hydroxyl groups excluding tert-OH is 1. The van der Waals surface area contributed by atoms with Crippen molar-refractivity contribution in [1.82, 2.24) is 10.6 Å². The maximum absolute atomic E-state index is 10.6. The molecule has 0 aliphatic rings. The number of rotatable bonds is 10. The van der Waals surface area contributed by atoms with E-state index in [2.05, 4.69) is 15.6 Å². The molecule has 3 N–H and O–H groups in total. The summed E-state index contributed by atoms with van der Waals surface area (Å²) >= 11 is 6.30. The number of aliphatic hydroxyl groups is 1. The molecule has 0 aliphatic carbocycles. The first kappa shape index (κ1) is 27.1. The summed E-state index contributed by atoms with van der Waals surface area (Å²) in [6.07, 6.45) is -0.110. The molecule has 1 unspecified atom stereocenters. The highest BCUT2D eigenvalue weighted by atomic mass is 127. The number of benzene rings is 2. The summed E-state index contributed by atoms with van der Waals surface area (Å²) in [4.78, 5) is 4.50. The van der Waals surface area contributed by atoms with Gasteiger partial charge in [-0.1, -0.05) is 17.7 Å². The quantitative estimate of drug-likeness (QED) is 0.232. The van der Waals surface area contributed by atoms with E-state index in [0.29, 0.717) is 41.1 Å². The molecular formula is C22H31ClIN3O4. The highest BCUT2D eigenvalue weighted by molar-refractivity contribution is 14.0. The van der Waals surface area contributed by atoms with Crippen molar-refractivity contribution in [1.29, 1.82) is 0 Å². The minimum Gasteiger partial charge on any atom is -0.497 e. The smallest absolute Gasteiger partial charge is 0.191 e. The Morgan fingerprint density at radius 1 is 1.03 bits per heavy atom. The largest absolute Gasteiger partial charge is 0.497 e. The van der Waals surface area contributed by atoms with Gasteiger partial charge in [0.05, 0.1) is 27.9 Å². The Balaban J connectivity index is 0.00000480. The van der Waals surface area contributed by atoms with Crippen LogP contribution in [-0.4, -0.2) is 52.0 Å². The number of hydrogen-bond acceptors (Lipinski definition) is 5. The number of nitrogens with one attached hydrogen (secondary N) is 2.